The molecule has 0 fully saturated rings. The van der Waals surface area contributed by atoms with Gasteiger partial charge in [-0.3, -0.25) is 4.79 Å². The minimum absolute atomic E-state index is 0.0363. The van der Waals surface area contributed by atoms with E-state index in [9.17, 15) is 22.0 Å². The quantitative estimate of drug-likeness (QED) is 0.746. The number of carboxylic acid groups (broad SMARTS) is 1. The molecule has 0 saturated heterocycles. The van der Waals surface area contributed by atoms with Crippen LogP contribution in [-0.2, 0) is 14.8 Å². The van der Waals surface area contributed by atoms with Crippen molar-refractivity contribution in [3.8, 4) is 0 Å². The third-order valence-electron chi connectivity index (χ3n) is 2.31. The molecule has 0 aliphatic rings. The van der Waals surface area contributed by atoms with Gasteiger partial charge in [-0.25, -0.2) is 21.9 Å². The predicted molar refractivity (Wildman–Crippen MR) is 63.0 cm³/mol. The SMILES string of the molecule is O=C(O)CCCCNS(=O)(=O)c1ccc(F)c(F)c1. The van der Waals surface area contributed by atoms with Crippen LogP contribution >= 0.6 is 0 Å². The summed E-state index contributed by atoms with van der Waals surface area (Å²) >= 11 is 0. The van der Waals surface area contributed by atoms with Crippen molar-refractivity contribution < 1.29 is 27.1 Å². The van der Waals surface area contributed by atoms with Gasteiger partial charge in [0.05, 0.1) is 4.90 Å². The monoisotopic (exact) mass is 293 g/mol. The molecule has 1 aromatic carbocycles. The Balaban J connectivity index is 2.56. The minimum Gasteiger partial charge on any atom is -0.481 e. The van der Waals surface area contributed by atoms with E-state index in [-0.39, 0.29) is 17.9 Å². The summed E-state index contributed by atoms with van der Waals surface area (Å²) in [5.74, 6) is -3.32. The van der Waals surface area contributed by atoms with Gasteiger partial charge in [-0.05, 0) is 31.0 Å². The van der Waals surface area contributed by atoms with Gasteiger partial charge in [0.2, 0.25) is 10.0 Å². The van der Waals surface area contributed by atoms with Crippen molar-refractivity contribution in [2.75, 3.05) is 6.54 Å². The van der Waals surface area contributed by atoms with Crippen LogP contribution in [0.15, 0.2) is 23.1 Å². The molecule has 0 atom stereocenters. The van der Waals surface area contributed by atoms with E-state index in [4.69, 9.17) is 5.11 Å². The summed E-state index contributed by atoms with van der Waals surface area (Å²) in [5.41, 5.74) is 0. The smallest absolute Gasteiger partial charge is 0.303 e. The predicted octanol–water partition coefficient (Wildman–Crippen LogP) is 1.50. The maximum Gasteiger partial charge on any atom is 0.303 e. The Bertz CT molecular complexity index is 560. The number of unbranched alkanes of at least 4 members (excludes halogenated alkanes) is 1. The van der Waals surface area contributed by atoms with Gasteiger partial charge in [-0.1, -0.05) is 0 Å². The van der Waals surface area contributed by atoms with Crippen molar-refractivity contribution in [3.05, 3.63) is 29.8 Å². The van der Waals surface area contributed by atoms with Crippen LogP contribution in [0.1, 0.15) is 19.3 Å². The molecule has 0 radical (unpaired) electrons. The van der Waals surface area contributed by atoms with Gasteiger partial charge in [-0.15, -0.1) is 0 Å². The van der Waals surface area contributed by atoms with E-state index in [1.54, 1.807) is 0 Å². The molecule has 0 aliphatic carbocycles. The van der Waals surface area contributed by atoms with Crippen LogP contribution in [0.3, 0.4) is 0 Å². The summed E-state index contributed by atoms with van der Waals surface area (Å²) in [6.45, 7) is 0.0363. The molecule has 0 bridgehead atoms. The van der Waals surface area contributed by atoms with Crippen molar-refractivity contribution in [2.24, 2.45) is 0 Å². The number of aliphatic carboxylic acids is 1. The molecule has 0 spiro atoms. The second-order valence-corrected chi connectivity index (χ2v) is 5.59. The Labute approximate surface area is 109 Å². The van der Waals surface area contributed by atoms with Crippen LogP contribution in [-0.4, -0.2) is 26.0 Å². The molecule has 106 valence electrons. The summed E-state index contributed by atoms with van der Waals surface area (Å²) < 4.78 is 51.1. The molecule has 0 aliphatic heterocycles. The molecule has 19 heavy (non-hydrogen) atoms. The third-order valence-corrected chi connectivity index (χ3v) is 3.77. The fourth-order valence-electron chi connectivity index (χ4n) is 1.34. The average molecular weight is 293 g/mol. The second kappa shape index (κ2) is 6.58. The van der Waals surface area contributed by atoms with E-state index in [1.165, 1.54) is 0 Å². The fourth-order valence-corrected chi connectivity index (χ4v) is 2.42. The Kier molecular flexibility index (Phi) is 5.37. The van der Waals surface area contributed by atoms with Crippen LogP contribution in [0, 0.1) is 11.6 Å². The maximum atomic E-state index is 12.9. The molecule has 0 aromatic heterocycles. The second-order valence-electron chi connectivity index (χ2n) is 3.82. The van der Waals surface area contributed by atoms with Gasteiger partial charge < -0.3 is 5.11 Å². The van der Waals surface area contributed by atoms with Crippen LogP contribution in [0.2, 0.25) is 0 Å². The third kappa shape index (κ3) is 4.92. The molecule has 5 nitrogen and oxygen atoms in total. The number of rotatable bonds is 7. The standard InChI is InChI=1S/C11H13F2NO4S/c12-9-5-4-8(7-10(9)13)19(17,18)14-6-2-1-3-11(15)16/h4-5,7,14H,1-3,6H2,(H,15,16). The van der Waals surface area contributed by atoms with Crippen molar-refractivity contribution in [1.82, 2.24) is 4.72 Å². The Morgan fingerprint density at radius 1 is 1.21 bits per heavy atom. The van der Waals surface area contributed by atoms with E-state index in [1.807, 2.05) is 0 Å². The lowest BCUT2D eigenvalue weighted by Crippen LogP contribution is -2.25. The van der Waals surface area contributed by atoms with Gasteiger partial charge in [0.25, 0.3) is 0 Å². The zero-order chi connectivity index (χ0) is 14.5. The number of halogens is 2. The van der Waals surface area contributed by atoms with Gasteiger partial charge in [0.1, 0.15) is 0 Å². The van der Waals surface area contributed by atoms with E-state index in [0.29, 0.717) is 18.9 Å². The Morgan fingerprint density at radius 3 is 2.47 bits per heavy atom. The first-order valence-corrected chi connectivity index (χ1v) is 6.98. The van der Waals surface area contributed by atoms with E-state index in [2.05, 4.69) is 4.72 Å². The molecule has 1 rings (SSSR count). The summed E-state index contributed by atoms with van der Waals surface area (Å²) in [7, 11) is -3.90. The molecular weight excluding hydrogens is 280 g/mol. The zero-order valence-electron chi connectivity index (χ0n) is 9.90. The number of carboxylic acids is 1. The first kappa shape index (κ1) is 15.5. The van der Waals surface area contributed by atoms with Crippen molar-refractivity contribution in [3.63, 3.8) is 0 Å². The van der Waals surface area contributed by atoms with Crippen molar-refractivity contribution >= 4 is 16.0 Å². The number of hydrogen-bond acceptors (Lipinski definition) is 3. The maximum absolute atomic E-state index is 12.9. The molecule has 8 heteroatoms. The molecule has 0 amide bonds. The van der Waals surface area contributed by atoms with E-state index < -0.39 is 27.6 Å². The number of benzene rings is 1. The van der Waals surface area contributed by atoms with E-state index in [0.717, 1.165) is 12.1 Å². The molecule has 1 aromatic rings. The number of hydrogen-bond donors (Lipinski definition) is 2. The van der Waals surface area contributed by atoms with Crippen molar-refractivity contribution in [1.29, 1.82) is 0 Å². The topological polar surface area (TPSA) is 83.5 Å². The highest BCUT2D eigenvalue weighted by molar-refractivity contribution is 7.89. The molecule has 0 heterocycles. The van der Waals surface area contributed by atoms with Crippen LogP contribution in [0.25, 0.3) is 0 Å². The van der Waals surface area contributed by atoms with Gasteiger partial charge >= 0.3 is 5.97 Å². The highest BCUT2D eigenvalue weighted by Gasteiger charge is 2.15. The number of sulfonamides is 1. The highest BCUT2D eigenvalue weighted by Crippen LogP contribution is 2.13. The first-order chi connectivity index (χ1) is 8.83. The molecule has 2 N–H and O–H groups in total. The highest BCUT2D eigenvalue weighted by atomic mass is 32.2. The van der Waals surface area contributed by atoms with Crippen LogP contribution in [0.4, 0.5) is 8.78 Å². The van der Waals surface area contributed by atoms with Gasteiger partial charge in [0, 0.05) is 13.0 Å². The fraction of sp³-hybridized carbons (Fsp3) is 0.364. The summed E-state index contributed by atoms with van der Waals surface area (Å²) in [6, 6.07) is 2.28. The number of carbonyl (C=O) groups is 1. The van der Waals surface area contributed by atoms with E-state index >= 15 is 0 Å². The summed E-state index contributed by atoms with van der Waals surface area (Å²) in [5, 5.41) is 8.39. The first-order valence-electron chi connectivity index (χ1n) is 5.49. The summed E-state index contributed by atoms with van der Waals surface area (Å²) in [4.78, 5) is 9.86. The van der Waals surface area contributed by atoms with Gasteiger partial charge in [0.15, 0.2) is 11.6 Å². The minimum atomic E-state index is -3.90. The summed E-state index contributed by atoms with van der Waals surface area (Å²) in [6.07, 6.45) is 0.623. The number of nitrogens with one attached hydrogen (secondary N) is 1. The molecule has 0 unspecified atom stereocenters. The van der Waals surface area contributed by atoms with Crippen LogP contribution < -0.4 is 4.72 Å². The lowest BCUT2D eigenvalue weighted by Gasteiger charge is -2.06. The molecule has 0 saturated carbocycles. The zero-order valence-corrected chi connectivity index (χ0v) is 10.7. The van der Waals surface area contributed by atoms with Crippen LogP contribution in [0.5, 0.6) is 0 Å². The Morgan fingerprint density at radius 2 is 1.89 bits per heavy atom. The normalized spacial score (nSPS) is 11.5. The largest absolute Gasteiger partial charge is 0.481 e. The Hall–Kier alpha value is -1.54. The molecular formula is C11H13F2NO4S. The van der Waals surface area contributed by atoms with Crippen molar-refractivity contribution in [2.45, 2.75) is 24.2 Å². The lowest BCUT2D eigenvalue weighted by atomic mass is 10.2. The average Bonchev–Trinajstić information content (AvgIpc) is 2.31. The van der Waals surface area contributed by atoms with Gasteiger partial charge in [-0.2, -0.15) is 0 Å². The lowest BCUT2D eigenvalue weighted by molar-refractivity contribution is -0.137.